The highest BCUT2D eigenvalue weighted by Gasteiger charge is 2.30. The van der Waals surface area contributed by atoms with Crippen LogP contribution in [0.25, 0.3) is 0 Å². The van der Waals surface area contributed by atoms with Crippen molar-refractivity contribution in [3.05, 3.63) is 52.8 Å². The highest BCUT2D eigenvalue weighted by Crippen LogP contribution is 2.33. The second-order valence-corrected chi connectivity index (χ2v) is 4.56. The maximum atomic E-state index is 12.6. The summed E-state index contributed by atoms with van der Waals surface area (Å²) in [4.78, 5) is 0. The lowest BCUT2D eigenvalue weighted by molar-refractivity contribution is -0.137. The number of rotatable bonds is 3. The molecule has 1 heterocycles. The molecule has 1 N–H and O–H groups in total. The number of nitrogens with zero attached hydrogens (tertiary/aromatic N) is 1. The summed E-state index contributed by atoms with van der Waals surface area (Å²) < 4.78 is 39.7. The molecule has 0 unspecified atom stereocenters. The first-order valence-corrected chi connectivity index (χ1v) is 5.96. The van der Waals surface area contributed by atoms with Gasteiger partial charge in [-0.15, -0.1) is 0 Å². The van der Waals surface area contributed by atoms with E-state index in [1.165, 1.54) is 6.07 Å². The van der Waals surface area contributed by atoms with E-state index in [1.807, 2.05) is 29.9 Å². The van der Waals surface area contributed by atoms with Gasteiger partial charge in [-0.2, -0.15) is 13.2 Å². The molecular formula is C13H12ClF3N2. The molecule has 0 aliphatic heterocycles. The van der Waals surface area contributed by atoms with Crippen molar-refractivity contribution in [2.75, 3.05) is 5.32 Å². The van der Waals surface area contributed by atoms with Crippen molar-refractivity contribution < 1.29 is 13.2 Å². The first-order valence-electron chi connectivity index (χ1n) is 5.59. The molecule has 0 spiro atoms. The van der Waals surface area contributed by atoms with Crippen LogP contribution in [0, 0.1) is 0 Å². The average Bonchev–Trinajstić information content (AvgIpc) is 2.72. The summed E-state index contributed by atoms with van der Waals surface area (Å²) in [6, 6.07) is 6.98. The number of halogens is 4. The Bertz CT molecular complexity index is 576. The van der Waals surface area contributed by atoms with Crippen LogP contribution in [-0.2, 0) is 19.8 Å². The Morgan fingerprint density at radius 2 is 2.00 bits per heavy atom. The monoisotopic (exact) mass is 288 g/mol. The molecule has 1 aromatic carbocycles. The van der Waals surface area contributed by atoms with Gasteiger partial charge in [0.05, 0.1) is 22.8 Å². The molecule has 6 heteroatoms. The largest absolute Gasteiger partial charge is 0.416 e. The smallest absolute Gasteiger partial charge is 0.378 e. The van der Waals surface area contributed by atoms with Gasteiger partial charge >= 0.3 is 6.18 Å². The van der Waals surface area contributed by atoms with Gasteiger partial charge in [-0.25, -0.2) is 0 Å². The Kier molecular flexibility index (Phi) is 3.75. The van der Waals surface area contributed by atoms with Gasteiger partial charge in [0, 0.05) is 18.9 Å². The molecule has 0 saturated heterocycles. The Hall–Kier alpha value is -1.62. The van der Waals surface area contributed by atoms with Crippen molar-refractivity contribution >= 4 is 17.3 Å². The Labute approximate surface area is 113 Å². The highest BCUT2D eigenvalue weighted by molar-refractivity contribution is 6.33. The molecule has 0 fully saturated rings. The molecule has 0 amide bonds. The van der Waals surface area contributed by atoms with Gasteiger partial charge < -0.3 is 9.88 Å². The fourth-order valence-corrected chi connectivity index (χ4v) is 1.89. The van der Waals surface area contributed by atoms with Crippen molar-refractivity contribution in [1.82, 2.24) is 4.57 Å². The van der Waals surface area contributed by atoms with Crippen LogP contribution in [0.3, 0.4) is 0 Å². The van der Waals surface area contributed by atoms with Crippen LogP contribution >= 0.6 is 11.6 Å². The number of alkyl halides is 3. The summed E-state index contributed by atoms with van der Waals surface area (Å²) in [6.07, 6.45) is -2.50. The van der Waals surface area contributed by atoms with Crippen molar-refractivity contribution in [3.8, 4) is 0 Å². The van der Waals surface area contributed by atoms with Crippen LogP contribution in [0.4, 0.5) is 18.9 Å². The molecule has 0 bridgehead atoms. The van der Waals surface area contributed by atoms with Crippen LogP contribution < -0.4 is 5.32 Å². The minimum absolute atomic E-state index is 0.266. The molecule has 0 aliphatic carbocycles. The van der Waals surface area contributed by atoms with Crippen LogP contribution in [-0.4, -0.2) is 4.57 Å². The van der Waals surface area contributed by atoms with Gasteiger partial charge in [-0.1, -0.05) is 11.6 Å². The molecule has 2 rings (SSSR count). The summed E-state index contributed by atoms with van der Waals surface area (Å²) in [5.74, 6) is 0. The summed E-state index contributed by atoms with van der Waals surface area (Å²) in [6.45, 7) is 0.407. The number of benzene rings is 1. The molecule has 2 aromatic rings. The van der Waals surface area contributed by atoms with Crippen LogP contribution in [0.1, 0.15) is 11.3 Å². The molecule has 0 atom stereocenters. The van der Waals surface area contributed by atoms with Crippen LogP contribution in [0.2, 0.25) is 5.02 Å². The van der Waals surface area contributed by atoms with Crippen molar-refractivity contribution in [3.63, 3.8) is 0 Å². The van der Waals surface area contributed by atoms with Crippen LogP contribution in [0.5, 0.6) is 0 Å². The predicted molar refractivity (Wildman–Crippen MR) is 69.2 cm³/mol. The van der Waals surface area contributed by atoms with E-state index in [0.717, 1.165) is 17.8 Å². The number of hydrogen-bond acceptors (Lipinski definition) is 1. The summed E-state index contributed by atoms with van der Waals surface area (Å²) in [5.41, 5.74) is 0.512. The minimum Gasteiger partial charge on any atom is -0.378 e. The normalized spacial score (nSPS) is 11.6. The summed E-state index contributed by atoms with van der Waals surface area (Å²) in [5, 5.41) is 3.18. The Morgan fingerprint density at radius 3 is 2.58 bits per heavy atom. The number of nitrogens with one attached hydrogen (secondary N) is 1. The Morgan fingerprint density at radius 1 is 1.26 bits per heavy atom. The maximum absolute atomic E-state index is 12.6. The van der Waals surface area contributed by atoms with Gasteiger partial charge in [-0.3, -0.25) is 0 Å². The molecule has 102 valence electrons. The third-order valence-corrected chi connectivity index (χ3v) is 3.13. The van der Waals surface area contributed by atoms with Crippen molar-refractivity contribution in [1.29, 1.82) is 0 Å². The summed E-state index contributed by atoms with van der Waals surface area (Å²) >= 11 is 5.89. The standard InChI is InChI=1S/C13H12ClF3N2/c1-19-6-2-3-10(19)8-18-12-7-9(13(15,16)17)4-5-11(12)14/h2-7,18H,8H2,1H3. The van der Waals surface area contributed by atoms with Gasteiger partial charge in [-0.05, 0) is 30.3 Å². The van der Waals surface area contributed by atoms with Crippen LogP contribution in [0.15, 0.2) is 36.5 Å². The maximum Gasteiger partial charge on any atom is 0.416 e. The second-order valence-electron chi connectivity index (χ2n) is 4.16. The number of aryl methyl sites for hydroxylation is 1. The van der Waals surface area contributed by atoms with E-state index >= 15 is 0 Å². The van der Waals surface area contributed by atoms with Gasteiger partial charge in [0.2, 0.25) is 0 Å². The summed E-state index contributed by atoms with van der Waals surface area (Å²) in [7, 11) is 1.87. The molecule has 19 heavy (non-hydrogen) atoms. The van der Waals surface area contributed by atoms with E-state index < -0.39 is 11.7 Å². The number of anilines is 1. The average molecular weight is 289 g/mol. The molecule has 0 radical (unpaired) electrons. The highest BCUT2D eigenvalue weighted by atomic mass is 35.5. The lowest BCUT2D eigenvalue weighted by Gasteiger charge is -2.12. The fraction of sp³-hybridized carbons (Fsp3) is 0.231. The third kappa shape index (κ3) is 3.23. The molecule has 1 aromatic heterocycles. The zero-order valence-corrected chi connectivity index (χ0v) is 10.9. The van der Waals surface area contributed by atoms with Gasteiger partial charge in [0.1, 0.15) is 0 Å². The topological polar surface area (TPSA) is 17.0 Å². The van der Waals surface area contributed by atoms with Crippen molar-refractivity contribution in [2.24, 2.45) is 7.05 Å². The zero-order chi connectivity index (χ0) is 14.0. The Balaban J connectivity index is 2.18. The number of aromatic nitrogens is 1. The lowest BCUT2D eigenvalue weighted by atomic mass is 10.2. The molecular weight excluding hydrogens is 277 g/mol. The zero-order valence-electron chi connectivity index (χ0n) is 10.1. The SMILES string of the molecule is Cn1cccc1CNc1cc(C(F)(F)F)ccc1Cl. The first-order chi connectivity index (χ1) is 8.88. The van der Waals surface area contributed by atoms with E-state index in [-0.39, 0.29) is 10.7 Å². The number of hydrogen-bond donors (Lipinski definition) is 1. The second kappa shape index (κ2) is 5.17. The fourth-order valence-electron chi connectivity index (χ4n) is 1.70. The predicted octanol–water partition coefficient (Wildman–Crippen LogP) is 4.31. The lowest BCUT2D eigenvalue weighted by Crippen LogP contribution is -2.08. The molecule has 0 saturated carbocycles. The minimum atomic E-state index is -4.37. The van der Waals surface area contributed by atoms with Gasteiger partial charge in [0.25, 0.3) is 0 Å². The van der Waals surface area contributed by atoms with E-state index in [9.17, 15) is 13.2 Å². The first kappa shape index (κ1) is 13.8. The van der Waals surface area contributed by atoms with E-state index in [1.54, 1.807) is 0 Å². The van der Waals surface area contributed by atoms with E-state index in [0.29, 0.717) is 6.54 Å². The van der Waals surface area contributed by atoms with E-state index in [2.05, 4.69) is 5.32 Å². The third-order valence-electron chi connectivity index (χ3n) is 2.80. The van der Waals surface area contributed by atoms with E-state index in [4.69, 9.17) is 11.6 Å². The van der Waals surface area contributed by atoms with Gasteiger partial charge in [0.15, 0.2) is 0 Å². The quantitative estimate of drug-likeness (QED) is 0.890. The van der Waals surface area contributed by atoms with Crippen molar-refractivity contribution in [2.45, 2.75) is 12.7 Å². The molecule has 2 nitrogen and oxygen atoms in total. The molecule has 0 aliphatic rings.